The summed E-state index contributed by atoms with van der Waals surface area (Å²) in [5.74, 6) is -0.182. The van der Waals surface area contributed by atoms with E-state index in [0.29, 0.717) is 36.6 Å². The maximum absolute atomic E-state index is 13.3. The van der Waals surface area contributed by atoms with E-state index < -0.39 is 16.1 Å². The second kappa shape index (κ2) is 8.55. The molecule has 2 heterocycles. The Hall–Kier alpha value is -2.91. The Balaban J connectivity index is 1.77. The third-order valence-electron chi connectivity index (χ3n) is 5.72. The number of carbonyl (C=O) groups is 2. The molecule has 1 unspecified atom stereocenters. The lowest BCUT2D eigenvalue weighted by molar-refractivity contribution is -0.127. The lowest BCUT2D eigenvalue weighted by atomic mass is 9.99. The number of rotatable bonds is 4. The van der Waals surface area contributed by atoms with Crippen molar-refractivity contribution >= 4 is 38.9 Å². The Morgan fingerprint density at radius 3 is 2.50 bits per heavy atom. The quantitative estimate of drug-likeness (QED) is 0.762. The maximum atomic E-state index is 13.3. The number of carbonyl (C=O) groups excluding carboxylic acids is 2. The molecule has 1 saturated heterocycles. The summed E-state index contributed by atoms with van der Waals surface area (Å²) >= 11 is 0. The summed E-state index contributed by atoms with van der Waals surface area (Å²) in [6.07, 6.45) is 2.18. The highest BCUT2D eigenvalue weighted by Crippen LogP contribution is 2.40. The number of amides is 2. The van der Waals surface area contributed by atoms with Crippen molar-refractivity contribution in [1.82, 2.24) is 0 Å². The predicted octanol–water partition coefficient (Wildman–Crippen LogP) is 2.99. The van der Waals surface area contributed by atoms with Gasteiger partial charge in [-0.15, -0.1) is 0 Å². The van der Waals surface area contributed by atoms with E-state index in [1.807, 2.05) is 31.2 Å². The van der Waals surface area contributed by atoms with Crippen LogP contribution in [0.15, 0.2) is 42.5 Å². The van der Waals surface area contributed by atoms with E-state index in [0.717, 1.165) is 23.8 Å². The molecule has 2 aromatic carbocycles. The predicted molar refractivity (Wildman–Crippen MR) is 124 cm³/mol. The third-order valence-corrected chi connectivity index (χ3v) is 6.33. The highest BCUT2D eigenvalue weighted by atomic mass is 32.2. The van der Waals surface area contributed by atoms with Crippen molar-refractivity contribution in [3.8, 4) is 11.1 Å². The largest absolute Gasteiger partial charge is 0.368 e. The van der Waals surface area contributed by atoms with Gasteiger partial charge in [-0.05, 0) is 55.2 Å². The Morgan fingerprint density at radius 1 is 1.09 bits per heavy atom. The summed E-state index contributed by atoms with van der Waals surface area (Å²) in [6.45, 7) is 4.40. The lowest BCUT2D eigenvalue weighted by Gasteiger charge is -2.41. The maximum Gasteiger partial charge on any atom is 0.256 e. The van der Waals surface area contributed by atoms with Gasteiger partial charge in [0, 0.05) is 25.8 Å². The third kappa shape index (κ3) is 4.49. The van der Waals surface area contributed by atoms with Crippen molar-refractivity contribution in [3.63, 3.8) is 0 Å². The zero-order valence-corrected chi connectivity index (χ0v) is 19.2. The number of nitrogens with one attached hydrogen (secondary N) is 1. The molecule has 0 spiro atoms. The molecule has 1 N–H and O–H groups in total. The van der Waals surface area contributed by atoms with Crippen molar-refractivity contribution in [2.45, 2.75) is 38.8 Å². The first-order valence-electron chi connectivity index (χ1n) is 10.6. The van der Waals surface area contributed by atoms with E-state index in [-0.39, 0.29) is 17.9 Å². The van der Waals surface area contributed by atoms with Crippen molar-refractivity contribution in [1.29, 1.82) is 0 Å². The summed E-state index contributed by atoms with van der Waals surface area (Å²) in [7, 11) is -3.40. The first-order valence-corrected chi connectivity index (χ1v) is 12.5. The van der Waals surface area contributed by atoms with Crippen LogP contribution in [-0.4, -0.2) is 51.8 Å². The van der Waals surface area contributed by atoms with Gasteiger partial charge in [0.15, 0.2) is 0 Å². The van der Waals surface area contributed by atoms with Gasteiger partial charge >= 0.3 is 0 Å². The number of hydrogen-bond acceptors (Lipinski definition) is 5. The van der Waals surface area contributed by atoms with Gasteiger partial charge in [-0.2, -0.15) is 0 Å². The highest BCUT2D eigenvalue weighted by molar-refractivity contribution is 7.92. The van der Waals surface area contributed by atoms with Crippen LogP contribution in [0.2, 0.25) is 0 Å². The standard InChI is InChI=1S/C23H27N3O5S/c1-15-14-25(23(28)22-8-5-11-31-22)21-13-18(9-10-20(21)26(15)16(2)27)17-6-4-7-19(12-17)24-32(3,29)30/h4,6-7,9-10,12-13,15,22,24H,5,8,11,14H2,1-3H3/t15-,22?/m0/s1. The average molecular weight is 458 g/mol. The number of nitrogens with zero attached hydrogens (tertiary/aromatic N) is 2. The molecule has 170 valence electrons. The fourth-order valence-electron chi connectivity index (χ4n) is 4.42. The number of fused-ring (bicyclic) bond motifs is 1. The Bertz CT molecular complexity index is 1160. The molecule has 2 atom stereocenters. The SMILES string of the molecule is CC(=O)N1c2ccc(-c3cccc(NS(C)(=O)=O)c3)cc2N(C(=O)C2CCCO2)C[C@@H]1C. The molecule has 2 aromatic rings. The molecule has 0 radical (unpaired) electrons. The normalized spacial score (nSPS) is 20.7. The number of ether oxygens (including phenoxy) is 1. The van der Waals surface area contributed by atoms with Crippen molar-refractivity contribution in [2.75, 3.05) is 33.9 Å². The van der Waals surface area contributed by atoms with Crippen LogP contribution in [0.5, 0.6) is 0 Å². The molecule has 0 saturated carbocycles. The van der Waals surface area contributed by atoms with Gasteiger partial charge in [-0.1, -0.05) is 18.2 Å². The summed E-state index contributed by atoms with van der Waals surface area (Å²) in [4.78, 5) is 29.1. The van der Waals surface area contributed by atoms with Gasteiger partial charge in [0.1, 0.15) is 6.10 Å². The van der Waals surface area contributed by atoms with Crippen LogP contribution < -0.4 is 14.5 Å². The zero-order valence-electron chi connectivity index (χ0n) is 18.4. The molecular formula is C23H27N3O5S. The van der Waals surface area contributed by atoms with Crippen molar-refractivity contribution in [3.05, 3.63) is 42.5 Å². The van der Waals surface area contributed by atoms with Crippen molar-refractivity contribution in [2.24, 2.45) is 0 Å². The number of anilines is 3. The van der Waals surface area contributed by atoms with E-state index in [1.165, 1.54) is 6.92 Å². The molecule has 0 aliphatic carbocycles. The van der Waals surface area contributed by atoms with Crippen LogP contribution in [0.4, 0.5) is 17.1 Å². The molecule has 2 aliphatic rings. The second-order valence-corrected chi connectivity index (χ2v) is 10.1. The van der Waals surface area contributed by atoms with Gasteiger partial charge in [0.05, 0.1) is 23.7 Å². The molecule has 8 nitrogen and oxygen atoms in total. The van der Waals surface area contributed by atoms with E-state index in [2.05, 4.69) is 4.72 Å². The van der Waals surface area contributed by atoms with Crippen LogP contribution in [0.1, 0.15) is 26.7 Å². The summed E-state index contributed by atoms with van der Waals surface area (Å²) in [5.41, 5.74) is 3.38. The minimum atomic E-state index is -3.40. The van der Waals surface area contributed by atoms with E-state index in [1.54, 1.807) is 28.0 Å². The molecule has 2 aliphatic heterocycles. The monoisotopic (exact) mass is 457 g/mol. The van der Waals surface area contributed by atoms with Crippen LogP contribution >= 0.6 is 0 Å². The Kier molecular flexibility index (Phi) is 5.96. The smallest absolute Gasteiger partial charge is 0.256 e. The molecule has 2 amide bonds. The van der Waals surface area contributed by atoms with E-state index in [9.17, 15) is 18.0 Å². The van der Waals surface area contributed by atoms with Gasteiger partial charge in [0.2, 0.25) is 15.9 Å². The lowest BCUT2D eigenvalue weighted by Crippen LogP contribution is -2.53. The highest BCUT2D eigenvalue weighted by Gasteiger charge is 2.37. The number of hydrogen-bond donors (Lipinski definition) is 1. The molecule has 0 aromatic heterocycles. The molecule has 0 bridgehead atoms. The Morgan fingerprint density at radius 2 is 1.84 bits per heavy atom. The summed E-state index contributed by atoms with van der Waals surface area (Å²) in [5, 5.41) is 0. The fourth-order valence-corrected chi connectivity index (χ4v) is 4.97. The summed E-state index contributed by atoms with van der Waals surface area (Å²) in [6, 6.07) is 12.5. The van der Waals surface area contributed by atoms with E-state index >= 15 is 0 Å². The number of benzene rings is 2. The van der Waals surface area contributed by atoms with Crippen LogP contribution in [0, 0.1) is 0 Å². The Labute approximate surface area is 188 Å². The fraction of sp³-hybridized carbons (Fsp3) is 0.391. The first-order chi connectivity index (χ1) is 15.1. The topological polar surface area (TPSA) is 96.0 Å². The molecule has 9 heteroatoms. The summed E-state index contributed by atoms with van der Waals surface area (Å²) < 4.78 is 31.3. The minimum Gasteiger partial charge on any atom is -0.368 e. The second-order valence-electron chi connectivity index (χ2n) is 8.35. The van der Waals surface area contributed by atoms with Gasteiger partial charge in [0.25, 0.3) is 5.91 Å². The first kappa shape index (κ1) is 22.3. The number of sulfonamides is 1. The average Bonchev–Trinajstić information content (AvgIpc) is 3.26. The molecular weight excluding hydrogens is 430 g/mol. The molecule has 4 rings (SSSR count). The molecule has 32 heavy (non-hydrogen) atoms. The van der Waals surface area contributed by atoms with Gasteiger partial charge in [-0.3, -0.25) is 14.3 Å². The zero-order chi connectivity index (χ0) is 23.0. The van der Waals surface area contributed by atoms with Gasteiger partial charge in [-0.25, -0.2) is 8.42 Å². The van der Waals surface area contributed by atoms with E-state index in [4.69, 9.17) is 4.74 Å². The van der Waals surface area contributed by atoms with Gasteiger partial charge < -0.3 is 14.5 Å². The van der Waals surface area contributed by atoms with Crippen LogP contribution in [0.3, 0.4) is 0 Å². The molecule has 1 fully saturated rings. The minimum absolute atomic E-state index is 0.0879. The van der Waals surface area contributed by atoms with Crippen molar-refractivity contribution < 1.29 is 22.7 Å². The van der Waals surface area contributed by atoms with Crippen LogP contribution in [0.25, 0.3) is 11.1 Å². The van der Waals surface area contributed by atoms with Crippen LogP contribution in [-0.2, 0) is 24.3 Å².